The van der Waals surface area contributed by atoms with E-state index in [0.717, 1.165) is 13.0 Å². The molecule has 0 aliphatic carbocycles. The molecule has 1 N–H and O–H groups in total. The van der Waals surface area contributed by atoms with Gasteiger partial charge in [-0.25, -0.2) is 0 Å². The van der Waals surface area contributed by atoms with Crippen molar-refractivity contribution in [3.63, 3.8) is 0 Å². The van der Waals surface area contributed by atoms with Gasteiger partial charge in [0.15, 0.2) is 0 Å². The summed E-state index contributed by atoms with van der Waals surface area (Å²) in [5.41, 5.74) is 0. The summed E-state index contributed by atoms with van der Waals surface area (Å²) in [5.74, 6) is 0.638. The molecule has 0 aliphatic heterocycles. The van der Waals surface area contributed by atoms with E-state index in [1.54, 1.807) is 18.2 Å². The van der Waals surface area contributed by atoms with E-state index in [1.165, 1.54) is 0 Å². The minimum absolute atomic E-state index is 0. The summed E-state index contributed by atoms with van der Waals surface area (Å²) < 4.78 is 11.5. The Bertz CT molecular complexity index is 389. The first-order valence-corrected chi connectivity index (χ1v) is 7.16. The number of hydrogen-bond acceptors (Lipinski definition) is 3. The number of rotatable bonds is 8. The Morgan fingerprint density at radius 1 is 1.25 bits per heavy atom. The summed E-state index contributed by atoms with van der Waals surface area (Å²) in [4.78, 5) is 0. The van der Waals surface area contributed by atoms with E-state index in [9.17, 15) is 0 Å². The van der Waals surface area contributed by atoms with Crippen molar-refractivity contribution in [1.82, 2.24) is 5.32 Å². The molecular formula is C14H22Cl3NO2. The van der Waals surface area contributed by atoms with E-state index < -0.39 is 0 Å². The molecule has 3 nitrogen and oxygen atoms in total. The molecule has 0 bridgehead atoms. The fourth-order valence-corrected chi connectivity index (χ4v) is 1.98. The maximum absolute atomic E-state index is 6.10. The SMILES string of the molecule is CNCCC(COC(C)C)Oc1ccc(Cl)cc1Cl.Cl. The fourth-order valence-electron chi connectivity index (χ4n) is 1.53. The molecule has 0 aliphatic rings. The first-order valence-electron chi connectivity index (χ1n) is 6.40. The largest absolute Gasteiger partial charge is 0.486 e. The molecule has 0 saturated carbocycles. The summed E-state index contributed by atoms with van der Waals surface area (Å²) in [7, 11) is 1.91. The standard InChI is InChI=1S/C14H21Cl2NO2.ClH/c1-10(2)18-9-12(6-7-17-3)19-14-5-4-11(15)8-13(14)16;/h4-5,8,10,12,17H,6-7,9H2,1-3H3;1H. The van der Waals surface area contributed by atoms with Crippen LogP contribution < -0.4 is 10.1 Å². The second-order valence-electron chi connectivity index (χ2n) is 4.59. The molecule has 1 aromatic carbocycles. The second kappa shape index (κ2) is 10.5. The molecule has 0 aromatic heterocycles. The molecule has 0 saturated heterocycles. The Morgan fingerprint density at radius 2 is 1.95 bits per heavy atom. The molecule has 1 atom stereocenters. The number of ether oxygens (including phenoxy) is 2. The number of benzene rings is 1. The van der Waals surface area contributed by atoms with Gasteiger partial charge < -0.3 is 14.8 Å². The topological polar surface area (TPSA) is 30.5 Å². The zero-order valence-corrected chi connectivity index (χ0v) is 14.3. The van der Waals surface area contributed by atoms with Gasteiger partial charge in [0, 0.05) is 5.02 Å². The monoisotopic (exact) mass is 341 g/mol. The summed E-state index contributed by atoms with van der Waals surface area (Å²) in [5, 5.41) is 4.23. The Balaban J connectivity index is 0.00000361. The first kappa shape index (κ1) is 19.8. The van der Waals surface area contributed by atoms with Crippen molar-refractivity contribution in [3.05, 3.63) is 28.2 Å². The van der Waals surface area contributed by atoms with Crippen LogP contribution in [0.3, 0.4) is 0 Å². The van der Waals surface area contributed by atoms with Crippen molar-refractivity contribution in [3.8, 4) is 5.75 Å². The van der Waals surface area contributed by atoms with Crippen molar-refractivity contribution in [1.29, 1.82) is 0 Å². The number of halogens is 3. The van der Waals surface area contributed by atoms with Gasteiger partial charge in [-0.1, -0.05) is 23.2 Å². The lowest BCUT2D eigenvalue weighted by atomic mass is 10.2. The molecule has 1 rings (SSSR count). The van der Waals surface area contributed by atoms with Gasteiger partial charge in [-0.15, -0.1) is 12.4 Å². The van der Waals surface area contributed by atoms with Crippen LogP contribution >= 0.6 is 35.6 Å². The maximum atomic E-state index is 6.10. The van der Waals surface area contributed by atoms with Crippen LogP contribution in [0.2, 0.25) is 10.0 Å². The lowest BCUT2D eigenvalue weighted by Crippen LogP contribution is -2.28. The predicted molar refractivity (Wildman–Crippen MR) is 87.8 cm³/mol. The zero-order valence-electron chi connectivity index (χ0n) is 12.0. The second-order valence-corrected chi connectivity index (χ2v) is 5.43. The quantitative estimate of drug-likeness (QED) is 0.768. The van der Waals surface area contributed by atoms with E-state index in [0.29, 0.717) is 22.4 Å². The van der Waals surface area contributed by atoms with Crippen LogP contribution in [-0.4, -0.2) is 32.4 Å². The van der Waals surface area contributed by atoms with Crippen LogP contribution in [0, 0.1) is 0 Å². The van der Waals surface area contributed by atoms with Gasteiger partial charge in [0.2, 0.25) is 0 Å². The minimum Gasteiger partial charge on any atom is -0.486 e. The molecule has 0 fully saturated rings. The molecule has 1 unspecified atom stereocenters. The third-order valence-corrected chi connectivity index (χ3v) is 3.05. The summed E-state index contributed by atoms with van der Waals surface area (Å²) in [6.45, 7) is 5.41. The molecule has 0 amide bonds. The van der Waals surface area contributed by atoms with E-state index in [-0.39, 0.29) is 24.6 Å². The number of hydrogen-bond donors (Lipinski definition) is 1. The summed E-state index contributed by atoms with van der Waals surface area (Å²) >= 11 is 12.0. The molecular weight excluding hydrogens is 321 g/mol. The van der Waals surface area contributed by atoms with Crippen molar-refractivity contribution in [2.75, 3.05) is 20.2 Å². The third kappa shape index (κ3) is 7.55. The van der Waals surface area contributed by atoms with Gasteiger partial charge in [0.1, 0.15) is 11.9 Å². The highest BCUT2D eigenvalue weighted by Crippen LogP contribution is 2.28. The third-order valence-electron chi connectivity index (χ3n) is 2.52. The highest BCUT2D eigenvalue weighted by Gasteiger charge is 2.13. The molecule has 1 aromatic rings. The lowest BCUT2D eigenvalue weighted by molar-refractivity contribution is 0.0137. The van der Waals surface area contributed by atoms with Crippen molar-refractivity contribution in [2.24, 2.45) is 0 Å². The van der Waals surface area contributed by atoms with Crippen LogP contribution in [0.5, 0.6) is 5.75 Å². The normalized spacial score (nSPS) is 12.1. The van der Waals surface area contributed by atoms with Crippen LogP contribution in [0.15, 0.2) is 18.2 Å². The van der Waals surface area contributed by atoms with Crippen molar-refractivity contribution < 1.29 is 9.47 Å². The first-order chi connectivity index (χ1) is 9.02. The van der Waals surface area contributed by atoms with E-state index >= 15 is 0 Å². The molecule has 20 heavy (non-hydrogen) atoms. The molecule has 0 spiro atoms. The van der Waals surface area contributed by atoms with Crippen LogP contribution in [-0.2, 0) is 4.74 Å². The van der Waals surface area contributed by atoms with Crippen LogP contribution in [0.1, 0.15) is 20.3 Å². The van der Waals surface area contributed by atoms with Gasteiger partial charge in [-0.05, 0) is 52.1 Å². The summed E-state index contributed by atoms with van der Waals surface area (Å²) in [6, 6.07) is 5.23. The van der Waals surface area contributed by atoms with E-state index in [2.05, 4.69) is 5.32 Å². The minimum atomic E-state index is -0.0338. The van der Waals surface area contributed by atoms with Gasteiger partial charge in [0.25, 0.3) is 0 Å². The van der Waals surface area contributed by atoms with Gasteiger partial charge in [0.05, 0.1) is 17.7 Å². The number of nitrogens with one attached hydrogen (secondary N) is 1. The Morgan fingerprint density at radius 3 is 2.50 bits per heavy atom. The molecule has 0 heterocycles. The van der Waals surface area contributed by atoms with Crippen LogP contribution in [0.4, 0.5) is 0 Å². The highest BCUT2D eigenvalue weighted by atomic mass is 35.5. The lowest BCUT2D eigenvalue weighted by Gasteiger charge is -2.21. The van der Waals surface area contributed by atoms with Crippen molar-refractivity contribution >= 4 is 35.6 Å². The maximum Gasteiger partial charge on any atom is 0.138 e. The van der Waals surface area contributed by atoms with E-state index in [4.69, 9.17) is 32.7 Å². The fraction of sp³-hybridized carbons (Fsp3) is 0.571. The van der Waals surface area contributed by atoms with Crippen LogP contribution in [0.25, 0.3) is 0 Å². The zero-order chi connectivity index (χ0) is 14.3. The van der Waals surface area contributed by atoms with Gasteiger partial charge in [-0.2, -0.15) is 0 Å². The molecule has 0 radical (unpaired) electrons. The summed E-state index contributed by atoms with van der Waals surface area (Å²) in [6.07, 6.45) is 0.997. The highest BCUT2D eigenvalue weighted by molar-refractivity contribution is 6.35. The smallest absolute Gasteiger partial charge is 0.138 e. The Kier molecular flexibility index (Phi) is 10.4. The van der Waals surface area contributed by atoms with E-state index in [1.807, 2.05) is 20.9 Å². The Labute approximate surface area is 137 Å². The predicted octanol–water partition coefficient (Wildman–Crippen LogP) is 4.20. The van der Waals surface area contributed by atoms with Gasteiger partial charge >= 0.3 is 0 Å². The Hall–Kier alpha value is -0.190. The van der Waals surface area contributed by atoms with Crippen molar-refractivity contribution in [2.45, 2.75) is 32.5 Å². The molecule has 6 heteroatoms. The average molecular weight is 343 g/mol. The average Bonchev–Trinajstić information content (AvgIpc) is 2.35. The molecule has 116 valence electrons. The van der Waals surface area contributed by atoms with Gasteiger partial charge in [-0.3, -0.25) is 0 Å².